The van der Waals surface area contributed by atoms with Crippen molar-refractivity contribution in [2.24, 2.45) is 0 Å². The van der Waals surface area contributed by atoms with Gasteiger partial charge in [0.15, 0.2) is 9.84 Å². The number of hydrogen-bond donors (Lipinski definition) is 2. The number of carbonyl (C=O) groups is 2. The Hall–Kier alpha value is -2.39. The minimum atomic E-state index is -3.73. The number of halogens is 1. The average Bonchev–Trinajstić information content (AvgIpc) is 2.78. The fraction of sp³-hybridized carbons (Fsp3) is 0.300. The number of amides is 2. The Bertz CT molecular complexity index is 1070. The Morgan fingerprint density at radius 3 is 2.76 bits per heavy atom. The maximum Gasteiger partial charge on any atom is 0.225 e. The fourth-order valence-corrected chi connectivity index (χ4v) is 5.18. The Morgan fingerprint density at radius 2 is 2.03 bits per heavy atom. The molecule has 0 saturated heterocycles. The summed E-state index contributed by atoms with van der Waals surface area (Å²) in [6.45, 7) is 3.54. The van der Waals surface area contributed by atoms with E-state index < -0.39 is 27.3 Å². The van der Waals surface area contributed by atoms with Gasteiger partial charge in [-0.15, -0.1) is 11.8 Å². The maximum absolute atomic E-state index is 13.6. The van der Waals surface area contributed by atoms with E-state index in [-0.39, 0.29) is 28.2 Å². The monoisotopic (exact) mass is 436 g/mol. The lowest BCUT2D eigenvalue weighted by Gasteiger charge is -2.11. The molecule has 1 unspecified atom stereocenters. The van der Waals surface area contributed by atoms with Gasteiger partial charge in [-0.1, -0.05) is 13.0 Å². The molecule has 29 heavy (non-hydrogen) atoms. The summed E-state index contributed by atoms with van der Waals surface area (Å²) in [6, 6.07) is 8.86. The standard InChI is InChI=1S/C20H21FN2O4S2/c1-12-3-4-14(10-16(12)21)22-19(24)7-8-29(26,27)15-5-6-18-17(11-15)23-20(25)9-13(2)28-18/h3-6,10-11,13H,7-9H2,1-2H3,(H,22,24)(H,23,25). The van der Waals surface area contributed by atoms with E-state index in [9.17, 15) is 22.4 Å². The van der Waals surface area contributed by atoms with Gasteiger partial charge in [0, 0.05) is 28.7 Å². The van der Waals surface area contributed by atoms with Crippen LogP contribution in [0.4, 0.5) is 15.8 Å². The molecule has 154 valence electrons. The van der Waals surface area contributed by atoms with Crippen molar-refractivity contribution >= 4 is 44.8 Å². The first-order valence-electron chi connectivity index (χ1n) is 9.03. The van der Waals surface area contributed by atoms with Crippen LogP contribution in [0.3, 0.4) is 0 Å². The smallest absolute Gasteiger partial charge is 0.225 e. The Labute approximate surface area is 173 Å². The van der Waals surface area contributed by atoms with Gasteiger partial charge in [0.05, 0.1) is 16.3 Å². The Balaban J connectivity index is 1.68. The van der Waals surface area contributed by atoms with Crippen molar-refractivity contribution in [1.29, 1.82) is 0 Å². The number of aryl methyl sites for hydroxylation is 1. The van der Waals surface area contributed by atoms with Gasteiger partial charge in [-0.05, 0) is 42.8 Å². The molecule has 0 aliphatic carbocycles. The van der Waals surface area contributed by atoms with Crippen molar-refractivity contribution in [3.8, 4) is 0 Å². The van der Waals surface area contributed by atoms with E-state index in [1.807, 2.05) is 6.92 Å². The number of fused-ring (bicyclic) bond motifs is 1. The quantitative estimate of drug-likeness (QED) is 0.745. The van der Waals surface area contributed by atoms with Crippen LogP contribution in [-0.4, -0.2) is 31.2 Å². The van der Waals surface area contributed by atoms with Crippen molar-refractivity contribution < 1.29 is 22.4 Å². The highest BCUT2D eigenvalue weighted by molar-refractivity contribution is 8.00. The summed E-state index contributed by atoms with van der Waals surface area (Å²) >= 11 is 1.50. The Morgan fingerprint density at radius 1 is 1.28 bits per heavy atom. The maximum atomic E-state index is 13.6. The molecule has 0 radical (unpaired) electrons. The molecule has 2 amide bonds. The molecular weight excluding hydrogens is 415 g/mol. The third-order valence-electron chi connectivity index (χ3n) is 4.44. The largest absolute Gasteiger partial charge is 0.326 e. The van der Waals surface area contributed by atoms with Gasteiger partial charge in [-0.3, -0.25) is 9.59 Å². The predicted molar refractivity (Wildman–Crippen MR) is 111 cm³/mol. The van der Waals surface area contributed by atoms with Gasteiger partial charge in [0.1, 0.15) is 5.82 Å². The molecule has 1 atom stereocenters. The van der Waals surface area contributed by atoms with E-state index in [0.29, 0.717) is 17.7 Å². The molecule has 2 aromatic rings. The van der Waals surface area contributed by atoms with Crippen molar-refractivity contribution in [3.05, 3.63) is 47.8 Å². The van der Waals surface area contributed by atoms with E-state index in [0.717, 1.165) is 4.90 Å². The second kappa shape index (κ2) is 8.54. The van der Waals surface area contributed by atoms with Crippen LogP contribution in [0.2, 0.25) is 0 Å². The van der Waals surface area contributed by atoms with Crippen molar-refractivity contribution in [2.45, 2.75) is 41.7 Å². The second-order valence-corrected chi connectivity index (χ2v) is 10.5. The zero-order valence-corrected chi connectivity index (χ0v) is 17.6. The minimum absolute atomic E-state index is 0.0425. The zero-order valence-electron chi connectivity index (χ0n) is 16.0. The SMILES string of the molecule is Cc1ccc(NC(=O)CCS(=O)(=O)c2ccc3c(c2)NC(=O)CC(C)S3)cc1F. The lowest BCUT2D eigenvalue weighted by atomic mass is 10.2. The van der Waals surface area contributed by atoms with E-state index >= 15 is 0 Å². The van der Waals surface area contributed by atoms with Crippen LogP contribution in [-0.2, 0) is 19.4 Å². The lowest BCUT2D eigenvalue weighted by molar-refractivity contribution is -0.116. The number of hydrogen-bond acceptors (Lipinski definition) is 5. The molecule has 0 saturated carbocycles. The number of sulfone groups is 1. The average molecular weight is 437 g/mol. The number of thioether (sulfide) groups is 1. The summed E-state index contributed by atoms with van der Waals surface area (Å²) in [4.78, 5) is 24.8. The highest BCUT2D eigenvalue weighted by Crippen LogP contribution is 2.36. The van der Waals surface area contributed by atoms with Gasteiger partial charge in [-0.2, -0.15) is 0 Å². The first-order valence-corrected chi connectivity index (χ1v) is 11.6. The topological polar surface area (TPSA) is 92.3 Å². The summed E-state index contributed by atoms with van der Waals surface area (Å²) in [7, 11) is -3.73. The summed E-state index contributed by atoms with van der Waals surface area (Å²) in [5, 5.41) is 5.32. The number of nitrogens with one attached hydrogen (secondary N) is 2. The second-order valence-electron chi connectivity index (χ2n) is 6.92. The number of rotatable bonds is 5. The van der Waals surface area contributed by atoms with Gasteiger partial charge in [0.2, 0.25) is 11.8 Å². The molecule has 1 aliphatic rings. The Kier molecular flexibility index (Phi) is 6.28. The van der Waals surface area contributed by atoms with Crippen molar-refractivity contribution in [1.82, 2.24) is 0 Å². The van der Waals surface area contributed by atoms with Crippen LogP contribution in [0.5, 0.6) is 0 Å². The van der Waals surface area contributed by atoms with Gasteiger partial charge < -0.3 is 10.6 Å². The summed E-state index contributed by atoms with van der Waals surface area (Å²) in [6.07, 6.45) is 0.0776. The molecular formula is C20H21FN2O4S2. The number of anilines is 2. The molecule has 9 heteroatoms. The van der Waals surface area contributed by atoms with Crippen LogP contribution in [0.25, 0.3) is 0 Å². The molecule has 6 nitrogen and oxygen atoms in total. The van der Waals surface area contributed by atoms with Gasteiger partial charge >= 0.3 is 0 Å². The lowest BCUT2D eigenvalue weighted by Crippen LogP contribution is -2.18. The first-order chi connectivity index (χ1) is 13.6. The third-order valence-corrected chi connectivity index (χ3v) is 7.33. The molecule has 3 rings (SSSR count). The molecule has 1 aliphatic heterocycles. The van der Waals surface area contributed by atoms with E-state index in [4.69, 9.17) is 0 Å². The zero-order chi connectivity index (χ0) is 21.2. The summed E-state index contributed by atoms with van der Waals surface area (Å²) in [5.41, 5.74) is 1.19. The van der Waals surface area contributed by atoms with Gasteiger partial charge in [-0.25, -0.2) is 12.8 Å². The van der Waals surface area contributed by atoms with Crippen LogP contribution in [0, 0.1) is 12.7 Å². The van der Waals surface area contributed by atoms with E-state index in [1.54, 1.807) is 19.1 Å². The first kappa shape index (κ1) is 21.3. The normalized spacial score (nSPS) is 16.5. The highest BCUT2D eigenvalue weighted by atomic mass is 32.2. The number of benzene rings is 2. The third kappa shape index (κ3) is 5.36. The van der Waals surface area contributed by atoms with Crippen LogP contribution in [0.15, 0.2) is 46.2 Å². The van der Waals surface area contributed by atoms with Crippen LogP contribution >= 0.6 is 11.8 Å². The molecule has 2 N–H and O–H groups in total. The molecule has 0 fully saturated rings. The summed E-state index contributed by atoms with van der Waals surface area (Å²) < 4.78 is 38.9. The fourth-order valence-electron chi connectivity index (χ4n) is 2.86. The molecule has 0 spiro atoms. The summed E-state index contributed by atoms with van der Waals surface area (Å²) in [5.74, 6) is -1.54. The van der Waals surface area contributed by atoms with Crippen LogP contribution in [0.1, 0.15) is 25.3 Å². The van der Waals surface area contributed by atoms with Crippen molar-refractivity contribution in [2.75, 3.05) is 16.4 Å². The minimum Gasteiger partial charge on any atom is -0.326 e. The molecule has 2 aromatic carbocycles. The molecule has 0 aromatic heterocycles. The molecule has 1 heterocycles. The molecule has 0 bridgehead atoms. The van der Waals surface area contributed by atoms with E-state index in [2.05, 4.69) is 10.6 Å². The van der Waals surface area contributed by atoms with Gasteiger partial charge in [0.25, 0.3) is 0 Å². The predicted octanol–water partition coefficient (Wildman–Crippen LogP) is 3.76. The highest BCUT2D eigenvalue weighted by Gasteiger charge is 2.23. The van der Waals surface area contributed by atoms with Crippen molar-refractivity contribution in [3.63, 3.8) is 0 Å². The van der Waals surface area contributed by atoms with E-state index in [1.165, 1.54) is 36.0 Å². The number of carbonyl (C=O) groups excluding carboxylic acids is 2. The van der Waals surface area contributed by atoms with Crippen LogP contribution < -0.4 is 10.6 Å².